The minimum atomic E-state index is -1.08. The fourth-order valence-electron chi connectivity index (χ4n) is 4.26. The summed E-state index contributed by atoms with van der Waals surface area (Å²) in [5.74, 6) is -0.211. The maximum atomic E-state index is 12.6. The van der Waals surface area contributed by atoms with Crippen molar-refractivity contribution in [1.82, 2.24) is 15.2 Å². The number of benzene rings is 1. The molecule has 8 heteroatoms. The lowest BCUT2D eigenvalue weighted by Crippen LogP contribution is -2.49. The summed E-state index contributed by atoms with van der Waals surface area (Å²) >= 11 is 0. The molecule has 31 heavy (non-hydrogen) atoms. The van der Waals surface area contributed by atoms with Gasteiger partial charge in [0.15, 0.2) is 5.60 Å². The van der Waals surface area contributed by atoms with Crippen molar-refractivity contribution in [3.8, 4) is 5.88 Å². The number of aromatic nitrogens is 1. The van der Waals surface area contributed by atoms with Crippen molar-refractivity contribution in [1.29, 1.82) is 0 Å². The Balaban J connectivity index is 1.18. The average molecular weight is 422 g/mol. The predicted octanol–water partition coefficient (Wildman–Crippen LogP) is 1.48. The van der Waals surface area contributed by atoms with Gasteiger partial charge in [-0.25, -0.2) is 4.98 Å². The quantitative estimate of drug-likeness (QED) is 0.675. The monoisotopic (exact) mass is 422 g/mol. The molecule has 2 aromatic rings. The van der Waals surface area contributed by atoms with Crippen LogP contribution in [0.2, 0.25) is 0 Å². The summed E-state index contributed by atoms with van der Waals surface area (Å²) in [7, 11) is 0. The van der Waals surface area contributed by atoms with Crippen LogP contribution in [0.1, 0.15) is 41.3 Å². The Kier molecular flexibility index (Phi) is 4.71. The Bertz CT molecular complexity index is 1050. The molecule has 3 heterocycles. The second kappa shape index (κ2) is 7.32. The first-order chi connectivity index (χ1) is 14.8. The number of ether oxygens (including phenoxy) is 1. The topological polar surface area (TPSA) is 104 Å². The van der Waals surface area contributed by atoms with Gasteiger partial charge in [-0.15, -0.1) is 0 Å². The van der Waals surface area contributed by atoms with E-state index in [1.54, 1.807) is 13.0 Å². The van der Waals surface area contributed by atoms with Crippen molar-refractivity contribution in [2.45, 2.75) is 43.9 Å². The van der Waals surface area contributed by atoms with Gasteiger partial charge in [-0.1, -0.05) is 24.3 Å². The fraction of sp³-hybridized carbons (Fsp3) is 0.435. The molecule has 3 N–H and O–H groups in total. The summed E-state index contributed by atoms with van der Waals surface area (Å²) < 4.78 is 5.70. The van der Waals surface area contributed by atoms with Gasteiger partial charge in [-0.05, 0) is 30.5 Å². The van der Waals surface area contributed by atoms with Crippen LogP contribution in [0.4, 0.5) is 5.69 Å². The number of rotatable bonds is 5. The molecular formula is C23H26N4O4. The fourth-order valence-corrected chi connectivity index (χ4v) is 4.26. The zero-order chi connectivity index (χ0) is 21.6. The molecule has 1 aromatic heterocycles. The SMILES string of the molecule is C[C@](O)(CNC(=O)c1cnc2c(c1)NC(=O)C1(CC1)O2)CN1CCc2ccccc2C1. The van der Waals surface area contributed by atoms with E-state index in [-0.39, 0.29) is 18.4 Å². The minimum Gasteiger partial charge on any atom is -0.459 e. The van der Waals surface area contributed by atoms with Gasteiger partial charge in [0.05, 0.1) is 11.2 Å². The third kappa shape index (κ3) is 4.00. The van der Waals surface area contributed by atoms with E-state index >= 15 is 0 Å². The van der Waals surface area contributed by atoms with Crippen LogP contribution in [-0.4, -0.2) is 57.6 Å². The zero-order valence-corrected chi connectivity index (χ0v) is 17.5. The number of amides is 2. The summed E-state index contributed by atoms with van der Waals surface area (Å²) in [6, 6.07) is 9.91. The molecule has 3 aliphatic rings. The number of nitrogens with zero attached hydrogens (tertiary/aromatic N) is 2. The Morgan fingerprint density at radius 3 is 2.90 bits per heavy atom. The number of hydrogen-bond donors (Lipinski definition) is 3. The Morgan fingerprint density at radius 2 is 2.13 bits per heavy atom. The van der Waals surface area contributed by atoms with Crippen LogP contribution >= 0.6 is 0 Å². The van der Waals surface area contributed by atoms with Gasteiger partial charge in [0.25, 0.3) is 11.8 Å². The molecule has 1 aromatic carbocycles. The first kappa shape index (κ1) is 20.0. The van der Waals surface area contributed by atoms with Crippen LogP contribution in [0.5, 0.6) is 5.88 Å². The molecule has 5 rings (SSSR count). The third-order valence-electron chi connectivity index (χ3n) is 6.18. The largest absolute Gasteiger partial charge is 0.459 e. The van der Waals surface area contributed by atoms with E-state index in [1.165, 1.54) is 17.3 Å². The number of fused-ring (bicyclic) bond motifs is 2. The molecule has 2 amide bonds. The number of nitrogens with one attached hydrogen (secondary N) is 2. The van der Waals surface area contributed by atoms with Crippen molar-refractivity contribution in [3.63, 3.8) is 0 Å². The first-order valence-corrected chi connectivity index (χ1v) is 10.6. The molecule has 162 valence electrons. The predicted molar refractivity (Wildman–Crippen MR) is 114 cm³/mol. The van der Waals surface area contributed by atoms with Gasteiger partial charge >= 0.3 is 0 Å². The third-order valence-corrected chi connectivity index (χ3v) is 6.18. The molecule has 2 aliphatic heterocycles. The molecule has 0 unspecified atom stereocenters. The van der Waals surface area contributed by atoms with Crippen molar-refractivity contribution in [2.24, 2.45) is 0 Å². The second-order valence-corrected chi connectivity index (χ2v) is 9.04. The smallest absolute Gasteiger partial charge is 0.268 e. The minimum absolute atomic E-state index is 0.104. The van der Waals surface area contributed by atoms with Crippen LogP contribution in [0.15, 0.2) is 36.5 Å². The zero-order valence-electron chi connectivity index (χ0n) is 17.5. The highest BCUT2D eigenvalue weighted by atomic mass is 16.5. The van der Waals surface area contributed by atoms with E-state index in [9.17, 15) is 14.7 Å². The van der Waals surface area contributed by atoms with Gasteiger partial charge in [-0.2, -0.15) is 0 Å². The van der Waals surface area contributed by atoms with Gasteiger partial charge in [0, 0.05) is 45.2 Å². The molecule has 1 aliphatic carbocycles. The van der Waals surface area contributed by atoms with E-state index in [0.29, 0.717) is 36.5 Å². The highest BCUT2D eigenvalue weighted by Gasteiger charge is 2.55. The normalized spacial score (nSPS) is 20.6. The number of hydrogen-bond acceptors (Lipinski definition) is 6. The summed E-state index contributed by atoms with van der Waals surface area (Å²) in [6.07, 6.45) is 3.74. The van der Waals surface area contributed by atoms with Crippen molar-refractivity contribution in [3.05, 3.63) is 53.2 Å². The van der Waals surface area contributed by atoms with Crippen LogP contribution in [0, 0.1) is 0 Å². The van der Waals surface area contributed by atoms with E-state index in [2.05, 4.69) is 38.7 Å². The van der Waals surface area contributed by atoms with Gasteiger partial charge < -0.3 is 20.5 Å². The van der Waals surface area contributed by atoms with Crippen LogP contribution in [0.25, 0.3) is 0 Å². The Morgan fingerprint density at radius 1 is 1.35 bits per heavy atom. The van der Waals surface area contributed by atoms with Crippen molar-refractivity contribution < 1.29 is 19.4 Å². The molecule has 1 fully saturated rings. The van der Waals surface area contributed by atoms with E-state index in [4.69, 9.17) is 4.74 Å². The maximum absolute atomic E-state index is 12.6. The molecule has 0 bridgehead atoms. The summed E-state index contributed by atoms with van der Waals surface area (Å²) in [4.78, 5) is 31.2. The number of anilines is 1. The molecule has 1 spiro atoms. The summed E-state index contributed by atoms with van der Waals surface area (Å²) in [5.41, 5.74) is 1.49. The summed E-state index contributed by atoms with van der Waals surface area (Å²) in [6.45, 7) is 3.94. The standard InChI is InChI=1S/C23H26N4O4/c1-22(30,14-27-9-6-15-4-2-3-5-16(15)12-27)13-25-19(28)17-10-18-20(24-11-17)31-23(7-8-23)21(29)26-18/h2-5,10-11,30H,6-9,12-14H2,1H3,(H,25,28)(H,26,29)/t22-/m0/s1. The molecule has 0 radical (unpaired) electrons. The number of carbonyl (C=O) groups excluding carboxylic acids is 2. The number of aliphatic hydroxyl groups is 1. The molecule has 1 saturated carbocycles. The van der Waals surface area contributed by atoms with Crippen LogP contribution in [0.3, 0.4) is 0 Å². The van der Waals surface area contributed by atoms with Crippen LogP contribution < -0.4 is 15.4 Å². The lowest BCUT2D eigenvalue weighted by Gasteiger charge is -2.35. The van der Waals surface area contributed by atoms with Crippen molar-refractivity contribution >= 4 is 17.5 Å². The number of carbonyl (C=O) groups is 2. The second-order valence-electron chi connectivity index (χ2n) is 9.04. The highest BCUT2D eigenvalue weighted by molar-refractivity contribution is 6.03. The van der Waals surface area contributed by atoms with E-state index in [1.807, 2.05) is 6.07 Å². The van der Waals surface area contributed by atoms with Crippen LogP contribution in [-0.2, 0) is 17.8 Å². The first-order valence-electron chi connectivity index (χ1n) is 10.6. The Labute approximate surface area is 180 Å². The average Bonchev–Trinajstić information content (AvgIpc) is 3.53. The van der Waals surface area contributed by atoms with E-state index in [0.717, 1.165) is 19.5 Å². The van der Waals surface area contributed by atoms with Gasteiger partial charge in [-0.3, -0.25) is 14.5 Å². The Hall–Kier alpha value is -2.97. The molecule has 0 saturated heterocycles. The number of pyridine rings is 1. The molecule has 1 atom stereocenters. The van der Waals surface area contributed by atoms with Gasteiger partial charge in [0.2, 0.25) is 5.88 Å². The lowest BCUT2D eigenvalue weighted by molar-refractivity contribution is -0.125. The molecule has 8 nitrogen and oxygen atoms in total. The molecular weight excluding hydrogens is 396 g/mol. The maximum Gasteiger partial charge on any atom is 0.268 e. The lowest BCUT2D eigenvalue weighted by atomic mass is 9.98. The van der Waals surface area contributed by atoms with Crippen molar-refractivity contribution in [2.75, 3.05) is 25.0 Å². The highest BCUT2D eigenvalue weighted by Crippen LogP contribution is 2.45. The summed E-state index contributed by atoms with van der Waals surface area (Å²) in [5, 5.41) is 16.4. The van der Waals surface area contributed by atoms with Gasteiger partial charge in [0.1, 0.15) is 5.69 Å². The van der Waals surface area contributed by atoms with E-state index < -0.39 is 11.2 Å². The number of β-amino-alcohol motifs (C(OH)–C–C–N with tert-alkyl or cyclic N) is 1.